The van der Waals surface area contributed by atoms with Crippen molar-refractivity contribution in [2.24, 2.45) is 0 Å². The van der Waals surface area contributed by atoms with Gasteiger partial charge in [0.2, 0.25) is 0 Å². The molecule has 0 saturated heterocycles. The van der Waals surface area contributed by atoms with E-state index in [1.807, 2.05) is 11.3 Å². The molecule has 3 heterocycles. The van der Waals surface area contributed by atoms with Crippen molar-refractivity contribution in [3.63, 3.8) is 0 Å². The summed E-state index contributed by atoms with van der Waals surface area (Å²) in [6, 6.07) is 0. The molecular weight excluding hydrogens is 232 g/mol. The van der Waals surface area contributed by atoms with Gasteiger partial charge in [-0.25, -0.2) is 14.5 Å². The van der Waals surface area contributed by atoms with Crippen molar-refractivity contribution in [3.8, 4) is 0 Å². The maximum atomic E-state index is 4.50. The normalized spacial score (nSPS) is 19.9. The zero-order chi connectivity index (χ0) is 11.4. The highest BCUT2D eigenvalue weighted by atomic mass is 32.1. The van der Waals surface area contributed by atoms with Crippen LogP contribution in [0.2, 0.25) is 0 Å². The predicted octanol–water partition coefficient (Wildman–Crippen LogP) is 2.78. The zero-order valence-corrected chi connectivity index (χ0v) is 10.4. The van der Waals surface area contributed by atoms with E-state index in [9.17, 15) is 0 Å². The topological polar surface area (TPSA) is 43.1 Å². The Morgan fingerprint density at radius 3 is 3.29 bits per heavy atom. The molecule has 0 N–H and O–H groups in total. The molecule has 0 aromatic carbocycles. The molecule has 86 valence electrons. The molecule has 4 nitrogen and oxygen atoms in total. The highest BCUT2D eigenvalue weighted by molar-refractivity contribution is 7.19. The Morgan fingerprint density at radius 2 is 2.35 bits per heavy atom. The first-order valence-electron chi connectivity index (χ1n) is 5.94. The summed E-state index contributed by atoms with van der Waals surface area (Å²) in [4.78, 5) is 11.5. The Balaban J connectivity index is 2.21. The number of hydrogen-bond donors (Lipinski definition) is 0. The molecule has 0 saturated carbocycles. The van der Waals surface area contributed by atoms with Crippen LogP contribution in [-0.4, -0.2) is 19.6 Å². The lowest BCUT2D eigenvalue weighted by molar-refractivity contribution is 0.602. The van der Waals surface area contributed by atoms with E-state index < -0.39 is 0 Å². The van der Waals surface area contributed by atoms with Crippen LogP contribution in [0.1, 0.15) is 36.1 Å². The second kappa shape index (κ2) is 3.26. The fraction of sp³-hybridized carbons (Fsp3) is 0.417. The number of aromatic nitrogens is 4. The van der Waals surface area contributed by atoms with Gasteiger partial charge in [0, 0.05) is 4.88 Å². The molecule has 4 rings (SSSR count). The van der Waals surface area contributed by atoms with Crippen LogP contribution in [0.3, 0.4) is 0 Å². The van der Waals surface area contributed by atoms with Crippen molar-refractivity contribution in [1.29, 1.82) is 0 Å². The SMILES string of the molecule is CC1CCCc2sc3ncn4ncnc4c3c21. The van der Waals surface area contributed by atoms with Gasteiger partial charge in [0.05, 0.1) is 5.39 Å². The fourth-order valence-electron chi connectivity index (χ4n) is 2.83. The first kappa shape index (κ1) is 9.53. The van der Waals surface area contributed by atoms with Gasteiger partial charge in [0.15, 0.2) is 5.65 Å². The summed E-state index contributed by atoms with van der Waals surface area (Å²) in [6.07, 6.45) is 7.13. The van der Waals surface area contributed by atoms with Crippen molar-refractivity contribution in [3.05, 3.63) is 23.1 Å². The first-order valence-corrected chi connectivity index (χ1v) is 6.76. The van der Waals surface area contributed by atoms with E-state index in [1.165, 1.54) is 35.1 Å². The van der Waals surface area contributed by atoms with Crippen molar-refractivity contribution < 1.29 is 0 Å². The van der Waals surface area contributed by atoms with E-state index in [4.69, 9.17) is 0 Å². The Hall–Kier alpha value is -1.49. The number of nitrogens with zero attached hydrogens (tertiary/aromatic N) is 4. The Labute approximate surface area is 102 Å². The fourth-order valence-corrected chi connectivity index (χ4v) is 4.12. The zero-order valence-electron chi connectivity index (χ0n) is 9.55. The number of hydrogen-bond acceptors (Lipinski definition) is 4. The lowest BCUT2D eigenvalue weighted by Crippen LogP contribution is -2.04. The molecule has 1 aliphatic rings. The first-order chi connectivity index (χ1) is 8.34. The molecular formula is C12H12N4S. The molecule has 1 aliphatic carbocycles. The van der Waals surface area contributed by atoms with Gasteiger partial charge in [-0.2, -0.15) is 5.10 Å². The van der Waals surface area contributed by atoms with Gasteiger partial charge < -0.3 is 0 Å². The van der Waals surface area contributed by atoms with Crippen LogP contribution >= 0.6 is 11.3 Å². The summed E-state index contributed by atoms with van der Waals surface area (Å²) in [5, 5.41) is 5.40. The second-order valence-electron chi connectivity index (χ2n) is 4.69. The van der Waals surface area contributed by atoms with E-state index in [2.05, 4.69) is 22.0 Å². The van der Waals surface area contributed by atoms with Gasteiger partial charge in [-0.1, -0.05) is 6.92 Å². The van der Waals surface area contributed by atoms with Gasteiger partial charge in [-0.15, -0.1) is 11.3 Å². The molecule has 1 atom stereocenters. The molecule has 0 aliphatic heterocycles. The molecule has 5 heteroatoms. The second-order valence-corrected chi connectivity index (χ2v) is 5.77. The summed E-state index contributed by atoms with van der Waals surface area (Å²) >= 11 is 1.83. The third kappa shape index (κ3) is 1.20. The van der Waals surface area contributed by atoms with Crippen molar-refractivity contribution in [2.75, 3.05) is 0 Å². The van der Waals surface area contributed by atoms with Crippen molar-refractivity contribution in [1.82, 2.24) is 19.6 Å². The molecule has 0 fully saturated rings. The van der Waals surface area contributed by atoms with Crippen LogP contribution in [0.4, 0.5) is 0 Å². The highest BCUT2D eigenvalue weighted by Gasteiger charge is 2.24. The van der Waals surface area contributed by atoms with Gasteiger partial charge >= 0.3 is 0 Å². The molecule has 0 radical (unpaired) electrons. The lowest BCUT2D eigenvalue weighted by Gasteiger charge is -2.18. The van der Waals surface area contributed by atoms with Crippen molar-refractivity contribution in [2.45, 2.75) is 32.1 Å². The molecule has 3 aromatic heterocycles. The summed E-state index contributed by atoms with van der Waals surface area (Å²) in [5.41, 5.74) is 2.43. The molecule has 3 aromatic rings. The maximum Gasteiger partial charge on any atom is 0.167 e. The lowest BCUT2D eigenvalue weighted by atomic mass is 9.87. The minimum absolute atomic E-state index is 0.622. The van der Waals surface area contributed by atoms with Crippen LogP contribution in [0.25, 0.3) is 15.9 Å². The molecule has 0 spiro atoms. The van der Waals surface area contributed by atoms with Crippen LogP contribution in [0.5, 0.6) is 0 Å². The van der Waals surface area contributed by atoms with E-state index in [-0.39, 0.29) is 0 Å². The van der Waals surface area contributed by atoms with E-state index in [1.54, 1.807) is 17.2 Å². The summed E-state index contributed by atoms with van der Waals surface area (Å²) in [6.45, 7) is 2.31. The van der Waals surface area contributed by atoms with Crippen LogP contribution in [-0.2, 0) is 6.42 Å². The molecule has 0 bridgehead atoms. The summed E-state index contributed by atoms with van der Waals surface area (Å²) in [5.74, 6) is 0.622. The van der Waals surface area contributed by atoms with E-state index in [0.717, 1.165) is 10.5 Å². The molecule has 0 amide bonds. The van der Waals surface area contributed by atoms with Crippen molar-refractivity contribution >= 4 is 27.2 Å². The quantitative estimate of drug-likeness (QED) is 0.610. The predicted molar refractivity (Wildman–Crippen MR) is 67.5 cm³/mol. The Bertz CT molecular complexity index is 712. The van der Waals surface area contributed by atoms with E-state index in [0.29, 0.717) is 5.92 Å². The standard InChI is InChI=1S/C12H12N4S/c1-7-3-2-4-8-9(7)10-11-13-5-15-16(11)6-14-12(10)17-8/h5-7H,2-4H2,1H3. The van der Waals surface area contributed by atoms with Crippen LogP contribution < -0.4 is 0 Å². The monoisotopic (exact) mass is 244 g/mol. The van der Waals surface area contributed by atoms with Gasteiger partial charge in [-0.3, -0.25) is 0 Å². The average molecular weight is 244 g/mol. The third-order valence-corrected chi connectivity index (χ3v) is 4.79. The van der Waals surface area contributed by atoms with Gasteiger partial charge in [0.25, 0.3) is 0 Å². The Kier molecular flexibility index (Phi) is 1.83. The minimum Gasteiger partial charge on any atom is -0.225 e. The van der Waals surface area contributed by atoms with Gasteiger partial charge in [-0.05, 0) is 30.7 Å². The average Bonchev–Trinajstić information content (AvgIpc) is 2.91. The van der Waals surface area contributed by atoms with Crippen LogP contribution in [0, 0.1) is 0 Å². The number of rotatable bonds is 0. The van der Waals surface area contributed by atoms with Gasteiger partial charge in [0.1, 0.15) is 17.5 Å². The van der Waals surface area contributed by atoms with Crippen LogP contribution in [0.15, 0.2) is 12.7 Å². The number of fused-ring (bicyclic) bond motifs is 5. The largest absolute Gasteiger partial charge is 0.225 e. The maximum absolute atomic E-state index is 4.50. The summed E-state index contributed by atoms with van der Waals surface area (Å²) < 4.78 is 1.77. The number of aryl methyl sites for hydroxylation is 1. The smallest absolute Gasteiger partial charge is 0.167 e. The molecule has 17 heavy (non-hydrogen) atoms. The third-order valence-electron chi connectivity index (χ3n) is 3.62. The Morgan fingerprint density at radius 1 is 1.41 bits per heavy atom. The number of thiophene rings is 1. The minimum atomic E-state index is 0.622. The summed E-state index contributed by atoms with van der Waals surface area (Å²) in [7, 11) is 0. The molecule has 1 unspecified atom stereocenters. The highest BCUT2D eigenvalue weighted by Crippen LogP contribution is 2.42. The van der Waals surface area contributed by atoms with E-state index >= 15 is 0 Å².